The number of amides is 3. The summed E-state index contributed by atoms with van der Waals surface area (Å²) in [5.74, 6) is -0.974. The predicted molar refractivity (Wildman–Crippen MR) is 221 cm³/mol. The second kappa shape index (κ2) is 25.0. The summed E-state index contributed by atoms with van der Waals surface area (Å²) in [5, 5.41) is 22.2. The maximum atomic E-state index is 12.5. The second-order valence-corrected chi connectivity index (χ2v) is 17.7. The van der Waals surface area contributed by atoms with Gasteiger partial charge in [0.05, 0.1) is 62.4 Å². The Bertz CT molecular complexity index is 2210. The summed E-state index contributed by atoms with van der Waals surface area (Å²) in [5.41, 5.74) is 5.06. The van der Waals surface area contributed by atoms with E-state index < -0.39 is 58.3 Å². The molecule has 27 heteroatoms. The van der Waals surface area contributed by atoms with Gasteiger partial charge >= 0.3 is 12.0 Å². The van der Waals surface area contributed by atoms with Crippen LogP contribution >= 0.6 is 19.2 Å². The van der Waals surface area contributed by atoms with E-state index in [9.17, 15) is 42.4 Å². The fourth-order valence-corrected chi connectivity index (χ4v) is 5.32. The molecule has 0 bridgehead atoms. The van der Waals surface area contributed by atoms with Crippen LogP contribution in [0.3, 0.4) is 0 Å². The number of nitro benzene ring substituents is 1. The number of sulfonamides is 1. The van der Waals surface area contributed by atoms with Crippen molar-refractivity contribution in [2.45, 2.75) is 5.03 Å². The zero-order valence-electron chi connectivity index (χ0n) is 33.0. The Kier molecular flexibility index (Phi) is 21.7. The predicted octanol–water partition coefficient (Wildman–Crippen LogP) is 2.38. The molecule has 328 valence electrons. The van der Waals surface area contributed by atoms with Gasteiger partial charge in [-0.25, -0.2) is 14.5 Å². The Morgan fingerprint density at radius 3 is 2.07 bits per heavy atom. The molecule has 0 radical (unpaired) electrons. The van der Waals surface area contributed by atoms with Gasteiger partial charge in [-0.3, -0.25) is 30.3 Å². The summed E-state index contributed by atoms with van der Waals surface area (Å²) in [7, 11) is -2.56. The van der Waals surface area contributed by atoms with Crippen molar-refractivity contribution < 1.29 is 61.4 Å². The first-order valence-electron chi connectivity index (χ1n) is 16.3. The summed E-state index contributed by atoms with van der Waals surface area (Å²) in [6.45, 7) is -0.479. The number of nitrogen functional groups attached to an aromatic ring is 1. The minimum absolute atomic E-state index is 0.0352. The van der Waals surface area contributed by atoms with Gasteiger partial charge in [-0.05, 0) is 41.2 Å². The Morgan fingerprint density at radius 2 is 1.58 bits per heavy atom. The van der Waals surface area contributed by atoms with Crippen molar-refractivity contribution >= 4 is 75.3 Å². The molecule has 0 aliphatic heterocycles. The normalized spacial score (nSPS) is 11.3. The summed E-state index contributed by atoms with van der Waals surface area (Å²) >= 11 is 5.94. The monoisotopic (exact) mass is 919 g/mol. The van der Waals surface area contributed by atoms with E-state index in [1.807, 2.05) is 11.4 Å². The quantitative estimate of drug-likeness (QED) is 0.0368. The number of nitro groups is 1. The van der Waals surface area contributed by atoms with Crippen LogP contribution in [0.25, 0.3) is 0 Å². The van der Waals surface area contributed by atoms with Crippen LogP contribution < -0.4 is 40.2 Å². The number of carbonyl (C=O) groups is 3. The maximum absolute atomic E-state index is 12.5. The number of urea groups is 1. The molecule has 0 saturated carbocycles. The first kappa shape index (κ1) is 52.2. The Labute approximate surface area is 352 Å². The van der Waals surface area contributed by atoms with Gasteiger partial charge in [0.25, 0.3) is 21.6 Å². The molecule has 60 heavy (non-hydrogen) atoms. The number of aromatic nitrogens is 3. The highest BCUT2D eigenvalue weighted by Crippen LogP contribution is 2.38. The lowest BCUT2D eigenvalue weighted by atomic mass is 10.2. The number of hydrogen-bond donors (Lipinski definition) is 6. The van der Waals surface area contributed by atoms with E-state index in [2.05, 4.69) is 39.0 Å². The van der Waals surface area contributed by atoms with Crippen molar-refractivity contribution in [3.05, 3.63) is 87.6 Å². The molecule has 4 rings (SSSR count). The third-order valence-electron chi connectivity index (χ3n) is 6.09. The van der Waals surface area contributed by atoms with Gasteiger partial charge in [-0.15, -0.1) is 0 Å². The van der Waals surface area contributed by atoms with Crippen LogP contribution in [0.1, 0.15) is 10.4 Å². The molecule has 1 atom stereocenters. The van der Waals surface area contributed by atoms with Crippen molar-refractivity contribution in [2.75, 3.05) is 71.0 Å². The minimum Gasteiger partial charge on any atom is -0.778 e. The fraction of sp³-hybridized carbons (Fsp3) is 0.273. The number of rotatable bonds is 13. The lowest BCUT2D eigenvalue weighted by Crippen LogP contribution is -2.36. The van der Waals surface area contributed by atoms with Crippen molar-refractivity contribution in [1.29, 1.82) is 0 Å². The van der Waals surface area contributed by atoms with Crippen molar-refractivity contribution in [1.82, 2.24) is 29.9 Å². The van der Waals surface area contributed by atoms with Crippen molar-refractivity contribution in [2.24, 2.45) is 0 Å². The Hall–Kier alpha value is -5.82. The van der Waals surface area contributed by atoms with Gasteiger partial charge in [0.15, 0.2) is 5.03 Å². The van der Waals surface area contributed by atoms with E-state index in [1.54, 1.807) is 29.0 Å². The number of pyridine rings is 1. The molecule has 0 saturated heterocycles. The number of nitrogens with one attached hydrogen (secondary N) is 3. The molecule has 0 aliphatic rings. The molecule has 23 nitrogen and oxygen atoms in total. The number of nitrogens with zero attached hydrogens (tertiary/aromatic N) is 5. The largest absolute Gasteiger partial charge is 0.778 e. The van der Waals surface area contributed by atoms with Crippen LogP contribution in [0.5, 0.6) is 23.3 Å². The van der Waals surface area contributed by atoms with Crippen LogP contribution in [0, 0.1) is 10.1 Å². The number of hydrogen-bond acceptors (Lipinski definition) is 17. The van der Waals surface area contributed by atoms with Crippen LogP contribution in [0.2, 0.25) is 5.02 Å². The number of halogens is 1. The van der Waals surface area contributed by atoms with Crippen LogP contribution in [0.4, 0.5) is 22.1 Å². The van der Waals surface area contributed by atoms with E-state index in [0.29, 0.717) is 16.6 Å². The summed E-state index contributed by atoms with van der Waals surface area (Å²) in [6.07, 6.45) is 7.06. The fourth-order valence-electron chi connectivity index (χ4n) is 3.70. The third-order valence-corrected chi connectivity index (χ3v) is 8.39. The number of ether oxygens (including phenoxy) is 3. The molecule has 3 amide bonds. The van der Waals surface area contributed by atoms with Gasteiger partial charge < -0.3 is 44.3 Å². The lowest BCUT2D eigenvalue weighted by molar-refractivity contribution is -0.383. The molecular weight excluding hydrogens is 877 g/mol. The molecule has 0 aliphatic carbocycles. The van der Waals surface area contributed by atoms with Crippen LogP contribution in [-0.2, 0) is 30.3 Å². The van der Waals surface area contributed by atoms with Gasteiger partial charge in [0.1, 0.15) is 29.8 Å². The van der Waals surface area contributed by atoms with E-state index in [0.717, 1.165) is 0 Å². The number of nitrogens with two attached hydrogens (primary N) is 1. The summed E-state index contributed by atoms with van der Waals surface area (Å²) in [6, 6.07) is 14.5. The third kappa shape index (κ3) is 19.3. The first-order valence-corrected chi connectivity index (χ1v) is 22.4. The van der Waals surface area contributed by atoms with Crippen molar-refractivity contribution in [3.8, 4) is 23.3 Å². The zero-order valence-corrected chi connectivity index (χ0v) is 36.3. The standard InChI is InChI=1S/C15H18N6O6S.C12H9ClN2O3.C3H8NO5P.C3H9S/c1-21(2)13(22)9-6-5-7-16-12(9)28(24,25)20-15(23)19-14-17-10(26-3)8-11(18-14)27-4;13-11-10(18-8-4-2-1-3-5-8)7-6-9(12(11)14)15(16)17;5-3(6)1-4-2-10(7,8)9;1-4(2)3/h5-8H,1-4H3,(H2,17,18,19,20,23);1-7H,14H2;4H,1-2H2,(H,5,6)(H2,7,8,9);1-3H3/q;;;+1/p-1. The number of para-hydroxylation sites is 1. The number of methoxy groups -OCH3 is 2. The van der Waals surface area contributed by atoms with Crippen molar-refractivity contribution in [3.63, 3.8) is 0 Å². The average Bonchev–Trinajstić information content (AvgIpc) is 3.15. The number of carboxylic acid groups (broad SMARTS) is 1. The van der Waals surface area contributed by atoms with Gasteiger partial charge in [0, 0.05) is 26.4 Å². The molecule has 2 aromatic heterocycles. The van der Waals surface area contributed by atoms with Gasteiger partial charge in [0.2, 0.25) is 17.7 Å². The van der Waals surface area contributed by atoms with E-state index in [1.165, 1.54) is 69.7 Å². The number of benzene rings is 2. The molecule has 7 N–H and O–H groups in total. The molecule has 0 fully saturated rings. The van der Waals surface area contributed by atoms with Crippen LogP contribution in [-0.4, -0.2) is 121 Å². The molecule has 2 heterocycles. The highest BCUT2D eigenvalue weighted by Gasteiger charge is 2.27. The number of carboxylic acids is 1. The smallest absolute Gasteiger partial charge is 0.335 e. The molecule has 2 aromatic carbocycles. The second-order valence-electron chi connectivity index (χ2n) is 11.7. The maximum Gasteiger partial charge on any atom is 0.335 e. The average molecular weight is 920 g/mol. The molecule has 4 aromatic rings. The highest BCUT2D eigenvalue weighted by molar-refractivity contribution is 7.94. The molecule has 1 unspecified atom stereocenters. The summed E-state index contributed by atoms with van der Waals surface area (Å²) in [4.78, 5) is 74.8. The van der Waals surface area contributed by atoms with E-state index in [4.69, 9.17) is 41.5 Å². The number of aliphatic carboxylic acids is 1. The van der Waals surface area contributed by atoms with Gasteiger partial charge in [-0.1, -0.05) is 29.8 Å². The highest BCUT2D eigenvalue weighted by atomic mass is 35.5. The lowest BCUT2D eigenvalue weighted by Gasteiger charge is -2.14. The molecular formula is C33H43ClN9O14PS2. The number of anilines is 2. The van der Waals surface area contributed by atoms with Gasteiger partial charge in [-0.2, -0.15) is 18.4 Å². The van der Waals surface area contributed by atoms with E-state index >= 15 is 0 Å². The molecule has 0 spiro atoms. The Balaban J connectivity index is 0.000000478. The van der Waals surface area contributed by atoms with E-state index in [-0.39, 0.29) is 45.4 Å². The zero-order chi connectivity index (χ0) is 45.8. The van der Waals surface area contributed by atoms with Crippen LogP contribution in [0.15, 0.2) is 71.9 Å². The Morgan fingerprint density at radius 1 is 1.02 bits per heavy atom. The SMILES string of the molecule is COc1cc(OC)nc(NC(=O)NS(=O)(=O)c2ncccc2C(=O)N(C)C)n1.C[S+](C)C.Nc1c([N+](=O)[O-])ccc(Oc2ccccc2)c1Cl.O=C(O)CNCP(=O)([O-])O. The number of carbonyl (C=O) groups excluding carboxylic acids is 2. The first-order chi connectivity index (χ1) is 27.9. The topological polar surface area (TPSA) is 341 Å². The minimum atomic E-state index is -4.46. The summed E-state index contributed by atoms with van der Waals surface area (Å²) < 4.78 is 52.1.